The molecule has 1 atom stereocenters. The molecule has 0 aliphatic heterocycles. The van der Waals surface area contributed by atoms with E-state index in [9.17, 15) is 0 Å². The summed E-state index contributed by atoms with van der Waals surface area (Å²) in [4.78, 5) is 0. The van der Waals surface area contributed by atoms with E-state index in [1.807, 2.05) is 19.2 Å². The number of nitrogens with one attached hydrogen (secondary N) is 1. The highest BCUT2D eigenvalue weighted by Gasteiger charge is 2.14. The van der Waals surface area contributed by atoms with Crippen molar-refractivity contribution in [2.45, 2.75) is 12.5 Å². The van der Waals surface area contributed by atoms with Gasteiger partial charge in [0.05, 0.1) is 29.7 Å². The number of benzene rings is 1. The zero-order chi connectivity index (χ0) is 12.3. The van der Waals surface area contributed by atoms with Crippen molar-refractivity contribution in [3.05, 3.63) is 45.7 Å². The number of nitrogens with zero attached hydrogens (tertiary/aromatic N) is 2. The van der Waals surface area contributed by atoms with Gasteiger partial charge in [-0.25, -0.2) is 0 Å². The second kappa shape index (κ2) is 5.78. The Labute approximate surface area is 114 Å². The summed E-state index contributed by atoms with van der Waals surface area (Å²) in [6, 6.07) is 5.58. The lowest BCUT2D eigenvalue weighted by Crippen LogP contribution is -2.19. The summed E-state index contributed by atoms with van der Waals surface area (Å²) in [6.45, 7) is 0. The van der Waals surface area contributed by atoms with Gasteiger partial charge in [-0.1, -0.05) is 23.2 Å². The van der Waals surface area contributed by atoms with E-state index in [1.54, 1.807) is 12.3 Å². The Bertz CT molecular complexity index is 487. The average Bonchev–Trinajstić information content (AvgIpc) is 2.84. The highest BCUT2D eigenvalue weighted by molar-refractivity contribution is 6.99. The number of rotatable bonds is 4. The maximum atomic E-state index is 6.14. The first-order chi connectivity index (χ1) is 8.20. The molecule has 2 rings (SSSR count). The molecule has 0 aliphatic rings. The van der Waals surface area contributed by atoms with E-state index in [0.29, 0.717) is 5.02 Å². The smallest absolute Gasteiger partial charge is 0.0915 e. The summed E-state index contributed by atoms with van der Waals surface area (Å²) in [5.41, 5.74) is 1.93. The summed E-state index contributed by atoms with van der Waals surface area (Å²) >= 11 is 13.3. The second-order valence-corrected chi connectivity index (χ2v) is 5.01. The fourth-order valence-corrected chi connectivity index (χ4v) is 2.46. The fraction of sp³-hybridized carbons (Fsp3) is 0.273. The Morgan fingerprint density at radius 3 is 2.88 bits per heavy atom. The van der Waals surface area contributed by atoms with E-state index >= 15 is 0 Å². The van der Waals surface area contributed by atoms with Crippen LogP contribution in [0.5, 0.6) is 0 Å². The molecule has 1 heterocycles. The Morgan fingerprint density at radius 1 is 1.41 bits per heavy atom. The number of halogens is 2. The minimum absolute atomic E-state index is 0.102. The summed E-state index contributed by atoms with van der Waals surface area (Å²) in [7, 11) is 1.89. The zero-order valence-electron chi connectivity index (χ0n) is 9.15. The monoisotopic (exact) mass is 287 g/mol. The van der Waals surface area contributed by atoms with Gasteiger partial charge in [-0.3, -0.25) is 0 Å². The van der Waals surface area contributed by atoms with E-state index in [-0.39, 0.29) is 6.04 Å². The molecular weight excluding hydrogens is 277 g/mol. The van der Waals surface area contributed by atoms with Crippen molar-refractivity contribution in [1.82, 2.24) is 14.1 Å². The van der Waals surface area contributed by atoms with Crippen molar-refractivity contribution in [2.24, 2.45) is 0 Å². The van der Waals surface area contributed by atoms with Gasteiger partial charge in [-0.2, -0.15) is 8.75 Å². The van der Waals surface area contributed by atoms with Gasteiger partial charge in [0, 0.05) is 10.0 Å². The fourth-order valence-electron chi connectivity index (χ4n) is 1.60. The molecule has 1 N–H and O–H groups in total. The van der Waals surface area contributed by atoms with Crippen LogP contribution >= 0.6 is 34.9 Å². The third-order valence-corrected chi connectivity index (χ3v) is 3.61. The van der Waals surface area contributed by atoms with Crippen molar-refractivity contribution < 1.29 is 0 Å². The van der Waals surface area contributed by atoms with Gasteiger partial charge in [0.15, 0.2) is 0 Å². The van der Waals surface area contributed by atoms with Crippen molar-refractivity contribution in [2.75, 3.05) is 7.05 Å². The summed E-state index contributed by atoms with van der Waals surface area (Å²) in [6.07, 6.45) is 2.51. The summed E-state index contributed by atoms with van der Waals surface area (Å²) in [5, 5.41) is 4.61. The first-order valence-corrected chi connectivity index (χ1v) is 6.58. The Balaban J connectivity index is 2.21. The van der Waals surface area contributed by atoms with E-state index in [1.165, 1.54) is 11.7 Å². The Morgan fingerprint density at radius 2 is 2.24 bits per heavy atom. The van der Waals surface area contributed by atoms with Gasteiger partial charge in [0.1, 0.15) is 0 Å². The second-order valence-electron chi connectivity index (χ2n) is 3.61. The molecule has 90 valence electrons. The highest BCUT2D eigenvalue weighted by Crippen LogP contribution is 2.25. The quantitative estimate of drug-likeness (QED) is 0.937. The SMILES string of the molecule is CNC(Cc1cc(Cl)ccc1Cl)c1cnsn1. The first-order valence-electron chi connectivity index (χ1n) is 5.09. The van der Waals surface area contributed by atoms with Crippen LogP contribution in [0, 0.1) is 0 Å². The highest BCUT2D eigenvalue weighted by atomic mass is 35.5. The van der Waals surface area contributed by atoms with Gasteiger partial charge in [0.25, 0.3) is 0 Å². The van der Waals surface area contributed by atoms with Crippen molar-refractivity contribution in [3.63, 3.8) is 0 Å². The number of likely N-dealkylation sites (N-methyl/N-ethyl adjacent to an activating group) is 1. The van der Waals surface area contributed by atoms with Gasteiger partial charge in [0.2, 0.25) is 0 Å². The lowest BCUT2D eigenvalue weighted by Gasteiger charge is -2.14. The molecule has 0 radical (unpaired) electrons. The van der Waals surface area contributed by atoms with Crippen LogP contribution in [0.1, 0.15) is 17.3 Å². The first kappa shape index (κ1) is 12.8. The number of hydrogen-bond donors (Lipinski definition) is 1. The molecule has 0 aliphatic carbocycles. The molecule has 17 heavy (non-hydrogen) atoms. The molecule has 0 spiro atoms. The van der Waals surface area contributed by atoms with Crippen molar-refractivity contribution in [1.29, 1.82) is 0 Å². The minimum Gasteiger partial charge on any atom is -0.311 e. The molecule has 1 unspecified atom stereocenters. The molecule has 1 aromatic carbocycles. The van der Waals surface area contributed by atoms with E-state index in [4.69, 9.17) is 23.2 Å². The molecule has 0 saturated heterocycles. The van der Waals surface area contributed by atoms with Crippen LogP contribution in [0.2, 0.25) is 10.0 Å². The summed E-state index contributed by atoms with van der Waals surface area (Å²) < 4.78 is 8.23. The van der Waals surface area contributed by atoms with E-state index in [0.717, 1.165) is 22.7 Å². The van der Waals surface area contributed by atoms with Gasteiger partial charge >= 0.3 is 0 Å². The zero-order valence-corrected chi connectivity index (χ0v) is 11.5. The van der Waals surface area contributed by atoms with Gasteiger partial charge in [-0.05, 0) is 37.2 Å². The third-order valence-electron chi connectivity index (χ3n) is 2.52. The van der Waals surface area contributed by atoms with Crippen LogP contribution < -0.4 is 5.32 Å². The van der Waals surface area contributed by atoms with E-state index in [2.05, 4.69) is 14.1 Å². The Kier molecular flexibility index (Phi) is 4.34. The minimum atomic E-state index is 0.102. The van der Waals surface area contributed by atoms with Crippen LogP contribution in [-0.2, 0) is 6.42 Å². The number of aromatic nitrogens is 2. The van der Waals surface area contributed by atoms with Crippen LogP contribution in [0.25, 0.3) is 0 Å². The predicted octanol–water partition coefficient (Wildman–Crippen LogP) is 3.35. The normalized spacial score (nSPS) is 12.6. The van der Waals surface area contributed by atoms with Crippen molar-refractivity contribution in [3.8, 4) is 0 Å². The average molecular weight is 288 g/mol. The molecule has 0 bridgehead atoms. The molecule has 2 aromatic rings. The number of hydrogen-bond acceptors (Lipinski definition) is 4. The molecule has 3 nitrogen and oxygen atoms in total. The molecule has 0 amide bonds. The van der Waals surface area contributed by atoms with Crippen LogP contribution in [0.3, 0.4) is 0 Å². The lowest BCUT2D eigenvalue weighted by molar-refractivity contribution is 0.580. The molecule has 0 saturated carbocycles. The standard InChI is InChI=1S/C11H11Cl2N3S/c1-14-10(11-6-15-17-16-11)5-7-4-8(12)2-3-9(7)13/h2-4,6,10,14H,5H2,1H3. The van der Waals surface area contributed by atoms with Gasteiger partial charge < -0.3 is 5.32 Å². The maximum absolute atomic E-state index is 6.14. The Hall–Kier alpha value is -0.680. The molecule has 1 aromatic heterocycles. The van der Waals surface area contributed by atoms with Crippen molar-refractivity contribution >= 4 is 34.9 Å². The topological polar surface area (TPSA) is 37.8 Å². The van der Waals surface area contributed by atoms with E-state index < -0.39 is 0 Å². The van der Waals surface area contributed by atoms with Crippen LogP contribution in [0.4, 0.5) is 0 Å². The lowest BCUT2D eigenvalue weighted by atomic mass is 10.0. The maximum Gasteiger partial charge on any atom is 0.0915 e. The molecule has 0 fully saturated rings. The van der Waals surface area contributed by atoms with Gasteiger partial charge in [-0.15, -0.1) is 0 Å². The predicted molar refractivity (Wildman–Crippen MR) is 71.9 cm³/mol. The molecule has 6 heteroatoms. The summed E-state index contributed by atoms with van der Waals surface area (Å²) in [5.74, 6) is 0. The molecular formula is C11H11Cl2N3S. The van der Waals surface area contributed by atoms with Crippen LogP contribution in [-0.4, -0.2) is 15.8 Å². The third kappa shape index (κ3) is 3.16. The van der Waals surface area contributed by atoms with Crippen LogP contribution in [0.15, 0.2) is 24.4 Å². The largest absolute Gasteiger partial charge is 0.311 e.